The van der Waals surface area contributed by atoms with E-state index < -0.39 is 0 Å². The summed E-state index contributed by atoms with van der Waals surface area (Å²) in [6, 6.07) is 1.56. The fourth-order valence-corrected chi connectivity index (χ4v) is 2.12. The molecule has 0 saturated carbocycles. The third kappa shape index (κ3) is 1.04. The minimum atomic E-state index is -0.157. The van der Waals surface area contributed by atoms with Crippen molar-refractivity contribution in [2.45, 2.75) is 13.3 Å². The van der Waals surface area contributed by atoms with Gasteiger partial charge >= 0.3 is 0 Å². The van der Waals surface area contributed by atoms with Gasteiger partial charge in [0, 0.05) is 12.2 Å². The number of nitrogens with one attached hydrogen (secondary N) is 1. The summed E-state index contributed by atoms with van der Waals surface area (Å²) in [4.78, 5) is 0. The van der Waals surface area contributed by atoms with E-state index in [1.165, 1.54) is 0 Å². The number of hydrogen-bond acceptors (Lipinski definition) is 1. The molecule has 0 radical (unpaired) electrons. The Bertz CT molecular complexity index is 336. The Balaban J connectivity index is 2.69. The molecule has 2 rings (SSSR count). The predicted molar refractivity (Wildman–Crippen MR) is 51.0 cm³/mol. The SMILES string of the molecule is Cc1cc(F)c(Br)c2c1NCC2. The molecule has 64 valence electrons. The van der Waals surface area contributed by atoms with Gasteiger partial charge in [0.1, 0.15) is 5.82 Å². The second-order valence-corrected chi connectivity index (χ2v) is 3.81. The molecule has 0 aromatic heterocycles. The molecule has 1 N–H and O–H groups in total. The number of rotatable bonds is 0. The van der Waals surface area contributed by atoms with E-state index in [1.54, 1.807) is 6.07 Å². The van der Waals surface area contributed by atoms with E-state index in [2.05, 4.69) is 21.2 Å². The van der Waals surface area contributed by atoms with Crippen LogP contribution in [0.25, 0.3) is 0 Å². The van der Waals surface area contributed by atoms with Crippen molar-refractivity contribution in [1.82, 2.24) is 0 Å². The van der Waals surface area contributed by atoms with Crippen LogP contribution in [0.1, 0.15) is 11.1 Å². The van der Waals surface area contributed by atoms with E-state index in [1.807, 2.05) is 6.92 Å². The van der Waals surface area contributed by atoms with Crippen molar-refractivity contribution in [2.75, 3.05) is 11.9 Å². The molecule has 0 unspecified atom stereocenters. The maximum atomic E-state index is 13.2. The zero-order valence-electron chi connectivity index (χ0n) is 6.75. The maximum absolute atomic E-state index is 13.2. The lowest BCUT2D eigenvalue weighted by Crippen LogP contribution is -1.93. The molecule has 0 aliphatic carbocycles. The Morgan fingerprint density at radius 1 is 1.58 bits per heavy atom. The van der Waals surface area contributed by atoms with Crippen LogP contribution >= 0.6 is 15.9 Å². The first kappa shape index (κ1) is 8.05. The first-order chi connectivity index (χ1) is 5.70. The molecular formula is C9H9BrFN. The molecule has 0 atom stereocenters. The highest BCUT2D eigenvalue weighted by molar-refractivity contribution is 9.10. The summed E-state index contributed by atoms with van der Waals surface area (Å²) in [7, 11) is 0. The second-order valence-electron chi connectivity index (χ2n) is 3.02. The summed E-state index contributed by atoms with van der Waals surface area (Å²) in [5.74, 6) is -0.157. The average molecular weight is 230 g/mol. The molecule has 0 fully saturated rings. The van der Waals surface area contributed by atoms with E-state index in [-0.39, 0.29) is 5.82 Å². The van der Waals surface area contributed by atoms with Crippen LogP contribution in [-0.2, 0) is 6.42 Å². The van der Waals surface area contributed by atoms with E-state index in [4.69, 9.17) is 0 Å². The van der Waals surface area contributed by atoms with Crippen LogP contribution in [0, 0.1) is 12.7 Å². The largest absolute Gasteiger partial charge is 0.384 e. The molecule has 0 bridgehead atoms. The van der Waals surface area contributed by atoms with Gasteiger partial charge in [-0.05, 0) is 46.5 Å². The van der Waals surface area contributed by atoms with Crippen molar-refractivity contribution in [3.63, 3.8) is 0 Å². The third-order valence-electron chi connectivity index (χ3n) is 2.19. The molecule has 1 aliphatic heterocycles. The predicted octanol–water partition coefficient (Wildman–Crippen LogP) is 2.86. The Labute approximate surface area is 79.1 Å². The van der Waals surface area contributed by atoms with Crippen molar-refractivity contribution in [3.05, 3.63) is 27.5 Å². The van der Waals surface area contributed by atoms with Crippen molar-refractivity contribution in [1.29, 1.82) is 0 Å². The summed E-state index contributed by atoms with van der Waals surface area (Å²) < 4.78 is 13.8. The molecule has 1 nitrogen and oxygen atoms in total. The van der Waals surface area contributed by atoms with E-state index in [0.29, 0.717) is 4.47 Å². The lowest BCUT2D eigenvalue weighted by atomic mass is 10.1. The number of anilines is 1. The summed E-state index contributed by atoms with van der Waals surface area (Å²) in [5, 5.41) is 3.24. The van der Waals surface area contributed by atoms with Gasteiger partial charge in [-0.15, -0.1) is 0 Å². The van der Waals surface area contributed by atoms with Crippen molar-refractivity contribution < 1.29 is 4.39 Å². The highest BCUT2D eigenvalue weighted by atomic mass is 79.9. The summed E-state index contributed by atoms with van der Waals surface area (Å²) in [6.45, 7) is 2.84. The Morgan fingerprint density at radius 2 is 2.33 bits per heavy atom. The normalized spacial score (nSPS) is 14.2. The summed E-state index contributed by atoms with van der Waals surface area (Å²) in [6.07, 6.45) is 0.911. The van der Waals surface area contributed by atoms with Crippen molar-refractivity contribution in [3.8, 4) is 0 Å². The van der Waals surface area contributed by atoms with Crippen LogP contribution in [0.3, 0.4) is 0 Å². The smallest absolute Gasteiger partial charge is 0.138 e. The highest BCUT2D eigenvalue weighted by Crippen LogP contribution is 2.34. The average Bonchev–Trinajstić information content (AvgIpc) is 2.48. The van der Waals surface area contributed by atoms with Crippen molar-refractivity contribution >= 4 is 21.6 Å². The van der Waals surface area contributed by atoms with E-state index >= 15 is 0 Å². The molecule has 12 heavy (non-hydrogen) atoms. The molecule has 0 spiro atoms. The zero-order valence-corrected chi connectivity index (χ0v) is 8.33. The van der Waals surface area contributed by atoms with Crippen molar-refractivity contribution in [2.24, 2.45) is 0 Å². The van der Waals surface area contributed by atoms with Crippen LogP contribution in [0.4, 0.5) is 10.1 Å². The number of aryl methyl sites for hydroxylation is 1. The molecule has 1 aliphatic rings. The van der Waals surface area contributed by atoms with Gasteiger partial charge in [0.2, 0.25) is 0 Å². The van der Waals surface area contributed by atoms with Gasteiger partial charge < -0.3 is 5.32 Å². The first-order valence-corrected chi connectivity index (χ1v) is 4.71. The van der Waals surface area contributed by atoms with Gasteiger partial charge in [0.15, 0.2) is 0 Å². The molecule has 0 saturated heterocycles. The van der Waals surface area contributed by atoms with Gasteiger partial charge in [-0.25, -0.2) is 4.39 Å². The van der Waals surface area contributed by atoms with Crippen LogP contribution in [0.15, 0.2) is 10.5 Å². The van der Waals surface area contributed by atoms with Crippen LogP contribution < -0.4 is 5.32 Å². The van der Waals surface area contributed by atoms with Gasteiger partial charge in [-0.2, -0.15) is 0 Å². The topological polar surface area (TPSA) is 12.0 Å². The fourth-order valence-electron chi connectivity index (χ4n) is 1.61. The van der Waals surface area contributed by atoms with E-state index in [9.17, 15) is 4.39 Å². The second kappa shape index (κ2) is 2.73. The standard InChI is InChI=1S/C9H9BrFN/c1-5-4-7(11)8(10)6-2-3-12-9(5)6/h4,12H,2-3H2,1H3. The third-order valence-corrected chi connectivity index (χ3v) is 3.05. The number of halogens is 2. The summed E-state index contributed by atoms with van der Waals surface area (Å²) >= 11 is 3.25. The molecule has 0 amide bonds. The van der Waals surface area contributed by atoms with Gasteiger partial charge in [-0.1, -0.05) is 0 Å². The van der Waals surface area contributed by atoms with Gasteiger partial charge in [0.05, 0.1) is 4.47 Å². The maximum Gasteiger partial charge on any atom is 0.138 e. The zero-order chi connectivity index (χ0) is 8.72. The summed E-state index contributed by atoms with van der Waals surface area (Å²) in [5.41, 5.74) is 3.17. The molecule has 1 aromatic rings. The number of fused-ring (bicyclic) bond motifs is 1. The number of hydrogen-bond donors (Lipinski definition) is 1. The van der Waals surface area contributed by atoms with Gasteiger partial charge in [0.25, 0.3) is 0 Å². The Morgan fingerprint density at radius 3 is 3.08 bits per heavy atom. The first-order valence-electron chi connectivity index (χ1n) is 3.91. The van der Waals surface area contributed by atoms with Gasteiger partial charge in [-0.3, -0.25) is 0 Å². The highest BCUT2D eigenvalue weighted by Gasteiger charge is 2.18. The molecule has 3 heteroatoms. The monoisotopic (exact) mass is 229 g/mol. The van der Waals surface area contributed by atoms with Crippen LogP contribution in [0.5, 0.6) is 0 Å². The molecule has 1 heterocycles. The number of benzene rings is 1. The van der Waals surface area contributed by atoms with Crippen LogP contribution in [-0.4, -0.2) is 6.54 Å². The lowest BCUT2D eigenvalue weighted by molar-refractivity contribution is 0.618. The Hall–Kier alpha value is -0.570. The molecule has 1 aromatic carbocycles. The Kier molecular flexibility index (Phi) is 1.83. The van der Waals surface area contributed by atoms with Crippen LogP contribution in [0.2, 0.25) is 0 Å². The molecular weight excluding hydrogens is 221 g/mol. The fraction of sp³-hybridized carbons (Fsp3) is 0.333. The minimum Gasteiger partial charge on any atom is -0.384 e. The lowest BCUT2D eigenvalue weighted by Gasteiger charge is -2.06. The van der Waals surface area contributed by atoms with E-state index in [0.717, 1.165) is 29.8 Å². The minimum absolute atomic E-state index is 0.157. The quantitative estimate of drug-likeness (QED) is 0.722.